The summed E-state index contributed by atoms with van der Waals surface area (Å²) in [5.74, 6) is 1.65. The molecule has 1 aromatic heterocycles. The van der Waals surface area contributed by atoms with Gasteiger partial charge in [-0.25, -0.2) is 0 Å². The molecule has 9 rings (SSSR count). The molecule has 5 N–H and O–H groups in total. The summed E-state index contributed by atoms with van der Waals surface area (Å²) in [6, 6.07) is 20.7. The van der Waals surface area contributed by atoms with Crippen LogP contribution in [0.3, 0.4) is 0 Å². The maximum atomic E-state index is 15.2. The number of alkyl halides is 2. The van der Waals surface area contributed by atoms with Crippen LogP contribution in [0.5, 0.6) is 5.75 Å². The Morgan fingerprint density at radius 1 is 0.923 bits per heavy atom. The normalized spacial score (nSPS) is 19.1. The summed E-state index contributed by atoms with van der Waals surface area (Å²) >= 11 is 0.944. The highest BCUT2D eigenvalue weighted by Crippen LogP contribution is 2.59. The van der Waals surface area contributed by atoms with Crippen LogP contribution in [0.1, 0.15) is 117 Å². The molecule has 0 spiro atoms. The number of carbonyl (C=O) groups is 8. The van der Waals surface area contributed by atoms with E-state index < -0.39 is 90.3 Å². The van der Waals surface area contributed by atoms with Crippen LogP contribution in [-0.2, 0) is 47.2 Å². The fourth-order valence-electron chi connectivity index (χ4n) is 10.3. The van der Waals surface area contributed by atoms with Crippen molar-refractivity contribution in [2.75, 3.05) is 26.2 Å². The van der Waals surface area contributed by atoms with Crippen LogP contribution < -0.4 is 20.7 Å². The fraction of sp³-hybridized carbons (Fsp3) is 0.357. The summed E-state index contributed by atoms with van der Waals surface area (Å²) in [7, 11) is -5.87. The first-order chi connectivity index (χ1) is 37.0. The molecule has 4 aliphatic rings. The van der Waals surface area contributed by atoms with E-state index >= 15 is 4.79 Å². The van der Waals surface area contributed by atoms with Gasteiger partial charge < -0.3 is 35.0 Å². The number of piperidine rings is 2. The summed E-state index contributed by atoms with van der Waals surface area (Å²) in [5.41, 5.74) is -3.40. The average molecular weight is 1110 g/mol. The van der Waals surface area contributed by atoms with Crippen molar-refractivity contribution < 1.29 is 66.2 Å². The molecule has 4 aromatic carbocycles. The second-order valence-electron chi connectivity index (χ2n) is 20.7. The van der Waals surface area contributed by atoms with Gasteiger partial charge >= 0.3 is 13.3 Å². The van der Waals surface area contributed by atoms with Crippen LogP contribution in [0, 0.1) is 17.3 Å². The quantitative estimate of drug-likeness (QED) is 0.0396. The predicted molar refractivity (Wildman–Crippen MR) is 281 cm³/mol. The Labute approximate surface area is 451 Å². The molecule has 0 radical (unpaired) electrons. The third-order valence-corrected chi connectivity index (χ3v) is 16.5. The standard InChI is InChI=1S/C56H55F2N6O12PS/c1-55(2,3)48(61-50(68)44-28-36-25-38(18-21-43(36)78-44)56(57,58)77(73,74)75)54(72)63-30-37-26-39(19-17-34(37)27-42(63)52(70)62-24-10-15-35(29-62)32-11-5-4-6-12-32)76-31-46(66)59-23-8-7-13-33-14-9-16-40-47(33)53(71)64(51(40)69)41-20-22-45(65)60-49(41)67/h4-6,9,11-12,14,16-19,21,25-26,28,35,41-42,48H,8,10,15,20,22-24,27,29-31H2,1-3H3,(H,59,66)(H,61,68)(H,60,65,67)(H2,73,74,75)/t35-,41?,42-,48?/m0/s1. The molecule has 0 saturated carbocycles. The van der Waals surface area contributed by atoms with E-state index in [1.54, 1.807) is 56.0 Å². The number of halogens is 2. The van der Waals surface area contributed by atoms with Gasteiger partial charge in [0.05, 0.1) is 16.0 Å². The number of rotatable bonds is 13. The summed E-state index contributed by atoms with van der Waals surface area (Å²) in [6.07, 6.45) is 1.91. The van der Waals surface area contributed by atoms with Crippen molar-refractivity contribution in [3.8, 4) is 17.6 Å². The highest BCUT2D eigenvalue weighted by Gasteiger charge is 2.51. The van der Waals surface area contributed by atoms with Crippen LogP contribution in [0.15, 0.2) is 91.0 Å². The zero-order valence-corrected chi connectivity index (χ0v) is 44.4. The van der Waals surface area contributed by atoms with E-state index in [-0.39, 0.29) is 77.6 Å². The lowest BCUT2D eigenvalue weighted by Gasteiger charge is -2.43. The Morgan fingerprint density at radius 2 is 1.69 bits per heavy atom. The molecule has 8 amide bonds. The SMILES string of the molecule is CC(C)(C)C(NC(=O)c1cc2cc(C(F)(F)P(=O)(O)O)ccc2s1)C(=O)N1Cc2cc(OCC(=O)NCCC#Cc3cccc4c3C(=O)N(C3CCC(=O)NC3=O)C4=O)ccc2C[C@H]1C(=O)N1CCC[C@H](c2ccccc2)C1. The maximum absolute atomic E-state index is 15.2. The first-order valence-electron chi connectivity index (χ1n) is 25.3. The van der Waals surface area contributed by atoms with E-state index in [1.165, 1.54) is 23.1 Å². The molecule has 2 unspecified atom stereocenters. The van der Waals surface area contributed by atoms with E-state index in [1.807, 2.05) is 30.3 Å². The zero-order valence-electron chi connectivity index (χ0n) is 42.7. The largest absolute Gasteiger partial charge is 0.484 e. The lowest BCUT2D eigenvalue weighted by atomic mass is 9.83. The van der Waals surface area contributed by atoms with Gasteiger partial charge in [0, 0.05) is 67.2 Å². The number of likely N-dealkylation sites (tertiary alicyclic amines) is 1. The van der Waals surface area contributed by atoms with Gasteiger partial charge in [0.2, 0.25) is 23.6 Å². The van der Waals surface area contributed by atoms with Gasteiger partial charge in [0.1, 0.15) is 23.9 Å². The van der Waals surface area contributed by atoms with E-state index in [0.29, 0.717) is 29.1 Å². The van der Waals surface area contributed by atoms with Gasteiger partial charge in [-0.3, -0.25) is 53.1 Å². The van der Waals surface area contributed by atoms with Gasteiger partial charge in [-0.15, -0.1) is 11.3 Å². The Morgan fingerprint density at radius 3 is 2.42 bits per heavy atom. The lowest BCUT2D eigenvalue weighted by molar-refractivity contribution is -0.150. The Hall–Kier alpha value is -7.63. The number of nitrogens with one attached hydrogen (secondary N) is 3. The average Bonchev–Trinajstić information content (AvgIpc) is 4.01. The zero-order chi connectivity index (χ0) is 55.8. The van der Waals surface area contributed by atoms with Crippen molar-refractivity contribution in [2.24, 2.45) is 5.41 Å². The van der Waals surface area contributed by atoms with Crippen molar-refractivity contribution in [1.82, 2.24) is 30.7 Å². The molecule has 4 aliphatic heterocycles. The van der Waals surface area contributed by atoms with Gasteiger partial charge in [-0.1, -0.05) is 81.1 Å². The Kier molecular flexibility index (Phi) is 15.6. The molecular formula is C56H55F2N6O12PS. The first kappa shape index (κ1) is 55.1. The minimum atomic E-state index is -5.87. The number of carbonyl (C=O) groups excluding carboxylic acids is 8. The van der Waals surface area contributed by atoms with Gasteiger partial charge in [0.25, 0.3) is 23.6 Å². The van der Waals surface area contributed by atoms with Gasteiger partial charge in [-0.05, 0) is 89.2 Å². The highest BCUT2D eigenvalue weighted by atomic mass is 32.1. The minimum absolute atomic E-state index is 0.0135. The lowest BCUT2D eigenvalue weighted by Crippen LogP contribution is -2.61. The minimum Gasteiger partial charge on any atom is -0.484 e. The Balaban J connectivity index is 0.885. The molecule has 0 aliphatic carbocycles. The number of hydrogen-bond donors (Lipinski definition) is 5. The van der Waals surface area contributed by atoms with Crippen molar-refractivity contribution in [2.45, 2.75) is 95.5 Å². The van der Waals surface area contributed by atoms with Crippen molar-refractivity contribution in [3.05, 3.63) is 135 Å². The van der Waals surface area contributed by atoms with Gasteiger partial charge in [-0.2, -0.15) is 8.78 Å². The number of hydrogen-bond acceptors (Lipinski definition) is 11. The summed E-state index contributed by atoms with van der Waals surface area (Å²) < 4.78 is 47.2. The predicted octanol–water partition coefficient (Wildman–Crippen LogP) is 5.97. The molecule has 0 bridgehead atoms. The molecule has 22 heteroatoms. The van der Waals surface area contributed by atoms with Crippen LogP contribution in [0.4, 0.5) is 8.78 Å². The molecule has 2 saturated heterocycles. The third-order valence-electron chi connectivity index (χ3n) is 14.4. The number of nitrogens with zero attached hydrogens (tertiary/aromatic N) is 3. The summed E-state index contributed by atoms with van der Waals surface area (Å²) in [5, 5.41) is 7.89. The number of fused-ring (bicyclic) bond motifs is 3. The molecule has 5 aromatic rings. The highest BCUT2D eigenvalue weighted by molar-refractivity contribution is 7.52. The van der Waals surface area contributed by atoms with E-state index in [2.05, 4.69) is 27.8 Å². The van der Waals surface area contributed by atoms with Crippen LogP contribution >= 0.6 is 18.9 Å². The molecule has 4 atom stereocenters. The van der Waals surface area contributed by atoms with Crippen molar-refractivity contribution in [1.29, 1.82) is 0 Å². The number of ether oxygens (including phenoxy) is 1. The topological polar surface area (TPSA) is 249 Å². The van der Waals surface area contributed by atoms with Crippen LogP contribution in [0.25, 0.3) is 10.1 Å². The Bertz CT molecular complexity index is 3400. The first-order valence-corrected chi connectivity index (χ1v) is 27.7. The van der Waals surface area contributed by atoms with Crippen LogP contribution in [0.2, 0.25) is 0 Å². The van der Waals surface area contributed by atoms with E-state index in [4.69, 9.17) is 4.74 Å². The summed E-state index contributed by atoms with van der Waals surface area (Å²) in [6.45, 7) is 5.83. The van der Waals surface area contributed by atoms with E-state index in [9.17, 15) is 56.7 Å². The molecule has 406 valence electrons. The third kappa shape index (κ3) is 11.3. The number of imide groups is 2. The molecule has 2 fully saturated rings. The monoisotopic (exact) mass is 1100 g/mol. The molecule has 78 heavy (non-hydrogen) atoms. The van der Waals surface area contributed by atoms with Gasteiger partial charge in [0.15, 0.2) is 6.61 Å². The fourth-order valence-corrected chi connectivity index (χ4v) is 11.7. The molecular weight excluding hydrogens is 1050 g/mol. The van der Waals surface area contributed by atoms with Crippen LogP contribution in [-0.4, -0.2) is 116 Å². The molecule has 18 nitrogen and oxygen atoms in total. The second kappa shape index (κ2) is 22.0. The summed E-state index contributed by atoms with van der Waals surface area (Å²) in [4.78, 5) is 131. The van der Waals surface area contributed by atoms with Crippen molar-refractivity contribution >= 4 is 76.3 Å². The number of benzene rings is 4. The smallest absolute Gasteiger partial charge is 0.399 e. The maximum Gasteiger partial charge on any atom is 0.399 e. The number of amides is 8. The molecule has 5 heterocycles. The van der Waals surface area contributed by atoms with Crippen molar-refractivity contribution in [3.63, 3.8) is 0 Å². The second-order valence-corrected chi connectivity index (χ2v) is 23.5. The van der Waals surface area contributed by atoms with E-state index in [0.717, 1.165) is 52.3 Å². The number of thiophene rings is 1.